The van der Waals surface area contributed by atoms with E-state index in [-0.39, 0.29) is 24.5 Å². The largest absolute Gasteiger partial charge is 0.444 e. The van der Waals surface area contributed by atoms with Crippen molar-refractivity contribution in [2.45, 2.75) is 58.7 Å². The highest BCUT2D eigenvalue weighted by Crippen LogP contribution is 2.23. The molecule has 0 saturated carbocycles. The van der Waals surface area contributed by atoms with Crippen molar-refractivity contribution in [3.05, 3.63) is 35.1 Å². The van der Waals surface area contributed by atoms with Crippen molar-refractivity contribution in [3.8, 4) is 0 Å². The van der Waals surface area contributed by atoms with Crippen LogP contribution in [-0.4, -0.2) is 46.0 Å². The van der Waals surface area contributed by atoms with Crippen molar-refractivity contribution in [2.24, 2.45) is 0 Å². The number of halogens is 2. The van der Waals surface area contributed by atoms with Crippen LogP contribution in [0.15, 0.2) is 18.2 Å². The number of nitrogens with zero attached hydrogens (tertiary/aromatic N) is 2. The maximum absolute atomic E-state index is 14.1. The topological polar surface area (TPSA) is 49.9 Å². The molecule has 0 unspecified atom stereocenters. The van der Waals surface area contributed by atoms with Gasteiger partial charge in [-0.3, -0.25) is 4.79 Å². The minimum Gasteiger partial charge on any atom is -0.444 e. The lowest BCUT2D eigenvalue weighted by Gasteiger charge is -2.38. The maximum atomic E-state index is 14.1. The third-order valence-electron chi connectivity index (χ3n) is 4.33. The SMILES string of the molecule is Cc1ccc(CN(C(=O)Cl)C2CCN(C(=O)OC(C)(C)C)CC2)c(F)c1. The fraction of sp³-hybridized carbons (Fsp3) is 0.579. The van der Waals surface area contributed by atoms with Crippen LogP contribution in [0.3, 0.4) is 0 Å². The molecular weight excluding hydrogens is 359 g/mol. The summed E-state index contributed by atoms with van der Waals surface area (Å²) in [5.74, 6) is -0.348. The lowest BCUT2D eigenvalue weighted by molar-refractivity contribution is 0.0165. The van der Waals surface area contributed by atoms with Gasteiger partial charge in [0.05, 0.1) is 6.54 Å². The molecule has 0 atom stereocenters. The zero-order valence-electron chi connectivity index (χ0n) is 15.7. The monoisotopic (exact) mass is 384 g/mol. The zero-order chi connectivity index (χ0) is 19.5. The number of hydrogen-bond donors (Lipinski definition) is 0. The Bertz CT molecular complexity index is 667. The van der Waals surface area contributed by atoms with E-state index in [1.807, 2.05) is 27.7 Å². The molecule has 0 N–H and O–H groups in total. The van der Waals surface area contributed by atoms with Gasteiger partial charge in [-0.05, 0) is 63.8 Å². The van der Waals surface area contributed by atoms with Crippen LogP contribution < -0.4 is 0 Å². The molecule has 1 fully saturated rings. The summed E-state index contributed by atoms with van der Waals surface area (Å²) in [6.45, 7) is 8.33. The normalized spacial score (nSPS) is 15.7. The van der Waals surface area contributed by atoms with E-state index in [0.717, 1.165) is 5.56 Å². The molecule has 5 nitrogen and oxygen atoms in total. The summed E-state index contributed by atoms with van der Waals surface area (Å²) >= 11 is 5.76. The van der Waals surface area contributed by atoms with Crippen LogP contribution in [0.4, 0.5) is 14.0 Å². The molecule has 7 heteroatoms. The van der Waals surface area contributed by atoms with Crippen molar-refractivity contribution in [1.82, 2.24) is 9.80 Å². The second-order valence-corrected chi connectivity index (χ2v) is 8.00. The van der Waals surface area contributed by atoms with Gasteiger partial charge in [-0.15, -0.1) is 0 Å². The van der Waals surface area contributed by atoms with Crippen LogP contribution in [-0.2, 0) is 11.3 Å². The van der Waals surface area contributed by atoms with Gasteiger partial charge in [0.2, 0.25) is 0 Å². The van der Waals surface area contributed by atoms with Gasteiger partial charge < -0.3 is 14.5 Å². The van der Waals surface area contributed by atoms with E-state index in [2.05, 4.69) is 0 Å². The lowest BCUT2D eigenvalue weighted by atomic mass is 10.0. The number of hydrogen-bond acceptors (Lipinski definition) is 3. The molecule has 1 heterocycles. The Balaban J connectivity index is 2.00. The van der Waals surface area contributed by atoms with Gasteiger partial charge in [0.15, 0.2) is 0 Å². The van der Waals surface area contributed by atoms with Gasteiger partial charge in [0.25, 0.3) is 0 Å². The second-order valence-electron chi connectivity index (χ2n) is 7.67. The lowest BCUT2D eigenvalue weighted by Crippen LogP contribution is -2.48. The Labute approximate surface area is 159 Å². The number of benzene rings is 1. The first kappa shape index (κ1) is 20.5. The molecule has 1 aliphatic rings. The number of ether oxygens (including phenoxy) is 1. The number of amides is 2. The number of piperidine rings is 1. The minimum atomic E-state index is -0.610. The summed E-state index contributed by atoms with van der Waals surface area (Å²) in [6.07, 6.45) is 0.792. The number of rotatable bonds is 3. The van der Waals surface area contributed by atoms with Crippen LogP contribution in [0.25, 0.3) is 0 Å². The molecule has 2 amide bonds. The average molecular weight is 385 g/mol. The molecule has 0 bridgehead atoms. The molecule has 1 saturated heterocycles. The van der Waals surface area contributed by atoms with Gasteiger partial charge in [0, 0.05) is 24.7 Å². The molecule has 1 aliphatic heterocycles. The fourth-order valence-electron chi connectivity index (χ4n) is 2.99. The molecule has 144 valence electrons. The molecule has 26 heavy (non-hydrogen) atoms. The summed E-state index contributed by atoms with van der Waals surface area (Å²) < 4.78 is 19.5. The Kier molecular flexibility index (Phi) is 6.50. The van der Waals surface area contributed by atoms with E-state index in [9.17, 15) is 14.0 Å². The fourth-order valence-corrected chi connectivity index (χ4v) is 3.18. The van der Waals surface area contributed by atoms with E-state index in [1.165, 1.54) is 11.0 Å². The number of aryl methyl sites for hydroxylation is 1. The van der Waals surface area contributed by atoms with E-state index in [1.54, 1.807) is 17.0 Å². The Hall–Kier alpha value is -1.82. The van der Waals surface area contributed by atoms with Crippen molar-refractivity contribution in [1.29, 1.82) is 0 Å². The van der Waals surface area contributed by atoms with Crippen LogP contribution in [0.2, 0.25) is 0 Å². The van der Waals surface area contributed by atoms with Crippen molar-refractivity contribution >= 4 is 23.1 Å². The molecule has 1 aromatic carbocycles. The average Bonchev–Trinajstić information content (AvgIpc) is 2.52. The summed E-state index contributed by atoms with van der Waals surface area (Å²) in [6, 6.07) is 4.78. The summed E-state index contributed by atoms with van der Waals surface area (Å²) in [7, 11) is 0. The van der Waals surface area contributed by atoms with Gasteiger partial charge in [0.1, 0.15) is 11.4 Å². The van der Waals surface area contributed by atoms with E-state index in [0.29, 0.717) is 31.5 Å². The predicted molar refractivity (Wildman–Crippen MR) is 98.8 cm³/mol. The third kappa shape index (κ3) is 5.59. The van der Waals surface area contributed by atoms with Crippen LogP contribution in [0, 0.1) is 12.7 Å². The quantitative estimate of drug-likeness (QED) is 0.561. The van der Waals surface area contributed by atoms with E-state index >= 15 is 0 Å². The van der Waals surface area contributed by atoms with Crippen LogP contribution in [0.5, 0.6) is 0 Å². The standard InChI is InChI=1S/C19H26ClFN2O3/c1-13-5-6-14(16(21)11-13)12-23(17(20)24)15-7-9-22(10-8-15)18(25)26-19(2,3)4/h5-6,11,15H,7-10,12H2,1-4H3. The van der Waals surface area contributed by atoms with E-state index in [4.69, 9.17) is 16.3 Å². The first-order chi connectivity index (χ1) is 12.1. The zero-order valence-corrected chi connectivity index (χ0v) is 16.5. The molecular formula is C19H26ClFN2O3. The molecule has 1 aromatic rings. The number of carbonyl (C=O) groups excluding carboxylic acids is 2. The predicted octanol–water partition coefficient (Wildman–Crippen LogP) is 4.69. The Morgan fingerprint density at radius 3 is 2.42 bits per heavy atom. The minimum absolute atomic E-state index is 0.117. The summed E-state index contributed by atoms with van der Waals surface area (Å²) in [5, 5.41) is -0.610. The van der Waals surface area contributed by atoms with Gasteiger partial charge in [-0.2, -0.15) is 0 Å². The van der Waals surface area contributed by atoms with Crippen molar-refractivity contribution in [2.75, 3.05) is 13.1 Å². The first-order valence-electron chi connectivity index (χ1n) is 8.76. The molecule has 0 aliphatic carbocycles. The molecule has 2 rings (SSSR count). The highest BCUT2D eigenvalue weighted by molar-refractivity contribution is 6.62. The van der Waals surface area contributed by atoms with Crippen LogP contribution in [0.1, 0.15) is 44.7 Å². The highest BCUT2D eigenvalue weighted by Gasteiger charge is 2.31. The Morgan fingerprint density at radius 2 is 1.92 bits per heavy atom. The molecule has 0 radical (unpaired) electrons. The molecule has 0 spiro atoms. The summed E-state index contributed by atoms with van der Waals surface area (Å²) in [4.78, 5) is 27.1. The van der Waals surface area contributed by atoms with Gasteiger partial charge in [-0.1, -0.05) is 12.1 Å². The van der Waals surface area contributed by atoms with Gasteiger partial charge >= 0.3 is 11.5 Å². The van der Waals surface area contributed by atoms with E-state index < -0.39 is 11.0 Å². The number of carbonyl (C=O) groups is 2. The second kappa shape index (κ2) is 8.25. The third-order valence-corrected chi connectivity index (χ3v) is 4.55. The Morgan fingerprint density at radius 1 is 1.31 bits per heavy atom. The highest BCUT2D eigenvalue weighted by atomic mass is 35.5. The van der Waals surface area contributed by atoms with Crippen molar-refractivity contribution < 1.29 is 18.7 Å². The molecule has 0 aromatic heterocycles. The smallest absolute Gasteiger partial charge is 0.410 e. The summed E-state index contributed by atoms with van der Waals surface area (Å²) in [5.41, 5.74) is 0.703. The first-order valence-corrected chi connectivity index (χ1v) is 9.13. The van der Waals surface area contributed by atoms with Gasteiger partial charge in [-0.25, -0.2) is 9.18 Å². The van der Waals surface area contributed by atoms with Crippen molar-refractivity contribution in [3.63, 3.8) is 0 Å². The maximum Gasteiger partial charge on any atom is 0.410 e. The van der Waals surface area contributed by atoms with Crippen LogP contribution >= 0.6 is 11.6 Å². The number of likely N-dealkylation sites (tertiary alicyclic amines) is 1.